The maximum absolute atomic E-state index is 5.99. The molecule has 0 saturated carbocycles. The summed E-state index contributed by atoms with van der Waals surface area (Å²) in [5.41, 5.74) is 5.99. The molecule has 3 aliphatic rings. The number of rotatable bonds is 1. The Hall–Kier alpha value is -0.120. The molecule has 0 spiro atoms. The molecule has 1 unspecified atom stereocenters. The summed E-state index contributed by atoms with van der Waals surface area (Å²) in [7, 11) is 2.31. The predicted molar refractivity (Wildman–Crippen MR) is 61.8 cm³/mol. The van der Waals surface area contributed by atoms with Gasteiger partial charge < -0.3 is 10.6 Å². The van der Waals surface area contributed by atoms with Crippen LogP contribution in [0, 0.1) is 0 Å². The summed E-state index contributed by atoms with van der Waals surface area (Å²) in [6.45, 7) is 2.39. The van der Waals surface area contributed by atoms with E-state index in [-0.39, 0.29) is 0 Å². The average molecular weight is 209 g/mol. The molecule has 0 aromatic heterocycles. The lowest BCUT2D eigenvalue weighted by Crippen LogP contribution is -2.48. The van der Waals surface area contributed by atoms with Gasteiger partial charge in [-0.1, -0.05) is 0 Å². The Morgan fingerprint density at radius 1 is 1.00 bits per heavy atom. The molecule has 3 nitrogen and oxygen atoms in total. The third-order valence-electron chi connectivity index (χ3n) is 4.85. The zero-order valence-corrected chi connectivity index (χ0v) is 9.73. The second kappa shape index (κ2) is 3.72. The summed E-state index contributed by atoms with van der Waals surface area (Å²) in [4.78, 5) is 5.27. The van der Waals surface area contributed by atoms with Crippen molar-refractivity contribution in [3.63, 3.8) is 0 Å². The first-order valence-corrected chi connectivity index (χ1v) is 6.45. The van der Waals surface area contributed by atoms with Crippen molar-refractivity contribution < 1.29 is 0 Å². The summed E-state index contributed by atoms with van der Waals surface area (Å²) < 4.78 is 0. The van der Waals surface area contributed by atoms with Gasteiger partial charge >= 0.3 is 0 Å². The van der Waals surface area contributed by atoms with Crippen molar-refractivity contribution in [2.45, 2.75) is 56.3 Å². The molecule has 4 atom stereocenters. The highest BCUT2D eigenvalue weighted by atomic mass is 15.3. The minimum Gasteiger partial charge on any atom is -0.326 e. The van der Waals surface area contributed by atoms with Crippen LogP contribution in [-0.2, 0) is 0 Å². The molecule has 86 valence electrons. The number of nitrogens with zero attached hydrogens (tertiary/aromatic N) is 2. The Labute approximate surface area is 92.6 Å². The van der Waals surface area contributed by atoms with Crippen LogP contribution in [0.1, 0.15) is 32.1 Å². The first kappa shape index (κ1) is 10.1. The fourth-order valence-corrected chi connectivity index (χ4v) is 3.83. The van der Waals surface area contributed by atoms with E-state index < -0.39 is 0 Å². The average Bonchev–Trinajstić information content (AvgIpc) is 2.70. The fourth-order valence-electron chi connectivity index (χ4n) is 3.83. The zero-order chi connectivity index (χ0) is 10.4. The molecule has 2 N–H and O–H groups in total. The summed E-state index contributed by atoms with van der Waals surface area (Å²) in [5.74, 6) is 0. The van der Waals surface area contributed by atoms with Gasteiger partial charge in [-0.3, -0.25) is 4.90 Å². The highest BCUT2D eigenvalue weighted by Gasteiger charge is 2.41. The van der Waals surface area contributed by atoms with Gasteiger partial charge in [-0.15, -0.1) is 0 Å². The third-order valence-corrected chi connectivity index (χ3v) is 4.85. The number of hydrogen-bond acceptors (Lipinski definition) is 3. The molecular formula is C12H23N3. The first-order chi connectivity index (χ1) is 7.24. The molecule has 0 aliphatic carbocycles. The lowest BCUT2D eigenvalue weighted by molar-refractivity contribution is 0.0889. The predicted octanol–water partition coefficient (Wildman–Crippen LogP) is 0.645. The van der Waals surface area contributed by atoms with Crippen LogP contribution in [0.15, 0.2) is 0 Å². The number of likely N-dealkylation sites (tertiary alicyclic amines) is 1. The lowest BCUT2D eigenvalue weighted by atomic mass is 9.97. The Morgan fingerprint density at radius 3 is 2.20 bits per heavy atom. The molecule has 3 rings (SSSR count). The maximum atomic E-state index is 5.99. The van der Waals surface area contributed by atoms with Crippen LogP contribution in [0.3, 0.4) is 0 Å². The van der Waals surface area contributed by atoms with Crippen LogP contribution < -0.4 is 5.73 Å². The summed E-state index contributed by atoms with van der Waals surface area (Å²) >= 11 is 0. The highest BCUT2D eigenvalue weighted by molar-refractivity contribution is 4.98. The minimum absolute atomic E-state index is 0.447. The van der Waals surface area contributed by atoms with Crippen molar-refractivity contribution >= 4 is 0 Å². The molecule has 3 heterocycles. The molecule has 3 fully saturated rings. The van der Waals surface area contributed by atoms with Gasteiger partial charge in [0.1, 0.15) is 0 Å². The second-order valence-corrected chi connectivity index (χ2v) is 5.72. The molecule has 2 bridgehead atoms. The molecule has 15 heavy (non-hydrogen) atoms. The number of nitrogens with two attached hydrogens (primary N) is 1. The molecule has 0 aromatic carbocycles. The third kappa shape index (κ3) is 1.71. The van der Waals surface area contributed by atoms with E-state index in [9.17, 15) is 0 Å². The topological polar surface area (TPSA) is 32.5 Å². The van der Waals surface area contributed by atoms with Crippen LogP contribution in [0.2, 0.25) is 0 Å². The number of fused-ring (bicyclic) bond motifs is 2. The Balaban J connectivity index is 1.65. The van der Waals surface area contributed by atoms with Crippen LogP contribution in [0.25, 0.3) is 0 Å². The lowest BCUT2D eigenvalue weighted by Gasteiger charge is -2.40. The molecule has 0 aromatic rings. The minimum atomic E-state index is 0.447. The molecule has 0 radical (unpaired) electrons. The molecular weight excluding hydrogens is 186 g/mol. The van der Waals surface area contributed by atoms with Crippen LogP contribution in [-0.4, -0.2) is 54.1 Å². The van der Waals surface area contributed by atoms with Crippen molar-refractivity contribution in [2.75, 3.05) is 20.1 Å². The van der Waals surface area contributed by atoms with Crippen LogP contribution in [0.5, 0.6) is 0 Å². The number of hydrogen-bond donors (Lipinski definition) is 1. The normalized spacial score (nSPS) is 47.6. The van der Waals surface area contributed by atoms with Gasteiger partial charge in [0.2, 0.25) is 0 Å². The molecule has 3 saturated heterocycles. The van der Waals surface area contributed by atoms with Crippen LogP contribution in [0.4, 0.5) is 0 Å². The second-order valence-electron chi connectivity index (χ2n) is 5.72. The van der Waals surface area contributed by atoms with E-state index in [1.807, 2.05) is 0 Å². The summed E-state index contributed by atoms with van der Waals surface area (Å²) in [6.07, 6.45) is 6.84. The van der Waals surface area contributed by atoms with Crippen molar-refractivity contribution in [3.05, 3.63) is 0 Å². The van der Waals surface area contributed by atoms with Gasteiger partial charge in [0.15, 0.2) is 0 Å². The summed E-state index contributed by atoms with van der Waals surface area (Å²) in [6, 6.07) is 3.02. The maximum Gasteiger partial charge on any atom is 0.0180 e. The summed E-state index contributed by atoms with van der Waals surface area (Å²) in [5, 5.41) is 0. The van der Waals surface area contributed by atoms with Gasteiger partial charge in [0.05, 0.1) is 0 Å². The van der Waals surface area contributed by atoms with Gasteiger partial charge in [-0.25, -0.2) is 0 Å². The molecule has 3 aliphatic heterocycles. The Bertz CT molecular complexity index is 229. The quantitative estimate of drug-likeness (QED) is 0.688. The SMILES string of the molecule is CN1[C@@H]2CC[C@H]1CC(N1CC[C@H](N)C1)C2. The van der Waals surface area contributed by atoms with E-state index in [0.717, 1.165) is 24.7 Å². The Morgan fingerprint density at radius 2 is 1.67 bits per heavy atom. The fraction of sp³-hybridized carbons (Fsp3) is 1.00. The van der Waals surface area contributed by atoms with E-state index in [4.69, 9.17) is 5.73 Å². The number of piperidine rings is 1. The monoisotopic (exact) mass is 209 g/mol. The van der Waals surface area contributed by atoms with Crippen LogP contribution >= 0.6 is 0 Å². The highest BCUT2D eigenvalue weighted by Crippen LogP contribution is 2.36. The smallest absolute Gasteiger partial charge is 0.0180 e. The molecule has 0 amide bonds. The van der Waals surface area contributed by atoms with E-state index in [2.05, 4.69) is 16.8 Å². The van der Waals surface area contributed by atoms with E-state index in [1.54, 1.807) is 0 Å². The van der Waals surface area contributed by atoms with Crippen molar-refractivity contribution in [1.82, 2.24) is 9.80 Å². The van der Waals surface area contributed by atoms with Crippen molar-refractivity contribution in [1.29, 1.82) is 0 Å². The molecule has 3 heteroatoms. The standard InChI is InChI=1S/C12H23N3/c1-14-10-2-3-11(14)7-12(6-10)15-5-4-9(13)8-15/h9-12H,2-8,13H2,1H3/t9-,10-,11+,12?/m0/s1. The van der Waals surface area contributed by atoms with E-state index >= 15 is 0 Å². The first-order valence-electron chi connectivity index (χ1n) is 6.45. The van der Waals surface area contributed by atoms with Gasteiger partial charge in [0, 0.05) is 37.3 Å². The van der Waals surface area contributed by atoms with Crippen molar-refractivity contribution in [2.24, 2.45) is 5.73 Å². The van der Waals surface area contributed by atoms with E-state index in [1.165, 1.54) is 38.6 Å². The van der Waals surface area contributed by atoms with Crippen molar-refractivity contribution in [3.8, 4) is 0 Å². The van der Waals surface area contributed by atoms with E-state index in [0.29, 0.717) is 6.04 Å². The van der Waals surface area contributed by atoms with Gasteiger partial charge in [0.25, 0.3) is 0 Å². The Kier molecular flexibility index (Phi) is 2.49. The zero-order valence-electron chi connectivity index (χ0n) is 9.73. The van der Waals surface area contributed by atoms with Gasteiger partial charge in [-0.05, 0) is 39.2 Å². The largest absolute Gasteiger partial charge is 0.326 e. The van der Waals surface area contributed by atoms with Gasteiger partial charge in [-0.2, -0.15) is 0 Å².